The summed E-state index contributed by atoms with van der Waals surface area (Å²) in [5.74, 6) is -0.0305. The maximum atomic E-state index is 13.1. The van der Waals surface area contributed by atoms with Crippen molar-refractivity contribution in [2.75, 3.05) is 12.4 Å². The standard InChI is InChI=1S/C16H13F3N4O2/c1-9(24)20-15-21-14-5-3-4-12(23(14)22-15)11-8-10(16(17,18)19)6-7-13(11)25-2/h3-8H,1-2H3,(H,20,22,24). The third kappa shape index (κ3) is 3.25. The number of anilines is 1. The average Bonchev–Trinajstić information content (AvgIpc) is 2.94. The minimum absolute atomic E-state index is 0.0610. The predicted molar refractivity (Wildman–Crippen MR) is 84.3 cm³/mol. The lowest BCUT2D eigenvalue weighted by Gasteiger charge is -2.13. The molecule has 1 N–H and O–H groups in total. The summed E-state index contributed by atoms with van der Waals surface area (Å²) in [7, 11) is 1.37. The maximum Gasteiger partial charge on any atom is 0.416 e. The summed E-state index contributed by atoms with van der Waals surface area (Å²) in [5, 5.41) is 6.58. The molecule has 0 aliphatic heterocycles. The maximum absolute atomic E-state index is 13.1. The molecule has 6 nitrogen and oxygen atoms in total. The van der Waals surface area contributed by atoms with Gasteiger partial charge >= 0.3 is 6.18 Å². The monoisotopic (exact) mass is 350 g/mol. The lowest BCUT2D eigenvalue weighted by Crippen LogP contribution is -2.07. The van der Waals surface area contributed by atoms with E-state index in [-0.39, 0.29) is 23.2 Å². The first-order chi connectivity index (χ1) is 11.8. The average molecular weight is 350 g/mol. The number of halogens is 3. The van der Waals surface area contributed by atoms with Crippen LogP contribution in [0.3, 0.4) is 0 Å². The lowest BCUT2D eigenvalue weighted by molar-refractivity contribution is -0.137. The number of aromatic nitrogens is 3. The van der Waals surface area contributed by atoms with Crippen molar-refractivity contribution in [3.05, 3.63) is 42.0 Å². The number of amides is 1. The first-order valence-corrected chi connectivity index (χ1v) is 7.18. The van der Waals surface area contributed by atoms with Crippen LogP contribution in [-0.4, -0.2) is 27.6 Å². The molecule has 0 atom stereocenters. The highest BCUT2D eigenvalue weighted by Gasteiger charge is 2.31. The van der Waals surface area contributed by atoms with Crippen molar-refractivity contribution in [1.82, 2.24) is 14.6 Å². The Labute approximate surface area is 140 Å². The Kier molecular flexibility index (Phi) is 4.07. The van der Waals surface area contributed by atoms with Crippen LogP contribution in [0.4, 0.5) is 19.1 Å². The number of ether oxygens (including phenoxy) is 1. The predicted octanol–water partition coefficient (Wildman–Crippen LogP) is 3.38. The summed E-state index contributed by atoms with van der Waals surface area (Å²) in [6.07, 6.45) is -4.49. The number of rotatable bonds is 3. The number of carbonyl (C=O) groups excluding carboxylic acids is 1. The highest BCUT2D eigenvalue weighted by molar-refractivity contribution is 5.87. The number of nitrogens with zero attached hydrogens (tertiary/aromatic N) is 3. The van der Waals surface area contributed by atoms with E-state index in [1.165, 1.54) is 24.6 Å². The van der Waals surface area contributed by atoms with Gasteiger partial charge in [0.1, 0.15) is 5.75 Å². The van der Waals surface area contributed by atoms with Gasteiger partial charge in [0, 0.05) is 12.5 Å². The largest absolute Gasteiger partial charge is 0.496 e. The van der Waals surface area contributed by atoms with Crippen LogP contribution >= 0.6 is 0 Å². The zero-order valence-corrected chi connectivity index (χ0v) is 13.3. The first-order valence-electron chi connectivity index (χ1n) is 7.18. The molecule has 0 aliphatic rings. The van der Waals surface area contributed by atoms with E-state index in [0.29, 0.717) is 11.3 Å². The van der Waals surface area contributed by atoms with E-state index in [1.807, 2.05) is 0 Å². The summed E-state index contributed by atoms with van der Waals surface area (Å²) in [5.41, 5.74) is 0.134. The Morgan fingerprint density at radius 2 is 2.00 bits per heavy atom. The van der Waals surface area contributed by atoms with Crippen LogP contribution in [0.25, 0.3) is 16.9 Å². The van der Waals surface area contributed by atoms with E-state index in [9.17, 15) is 18.0 Å². The number of fused-ring (bicyclic) bond motifs is 1. The van der Waals surface area contributed by atoms with Crippen molar-refractivity contribution in [3.63, 3.8) is 0 Å². The molecule has 0 bridgehead atoms. The Hall–Kier alpha value is -3.10. The minimum Gasteiger partial charge on any atom is -0.496 e. The van der Waals surface area contributed by atoms with Gasteiger partial charge in [0.05, 0.1) is 18.4 Å². The zero-order valence-electron chi connectivity index (χ0n) is 13.3. The Bertz CT molecular complexity index is 950. The van der Waals surface area contributed by atoms with Gasteiger partial charge in [-0.1, -0.05) is 6.07 Å². The number of alkyl halides is 3. The van der Waals surface area contributed by atoms with Gasteiger partial charge in [0.2, 0.25) is 11.9 Å². The van der Waals surface area contributed by atoms with Crippen LogP contribution in [0.5, 0.6) is 5.75 Å². The van der Waals surface area contributed by atoms with E-state index in [1.54, 1.807) is 18.2 Å². The normalized spacial score (nSPS) is 11.6. The summed E-state index contributed by atoms with van der Waals surface area (Å²) < 4.78 is 45.7. The van der Waals surface area contributed by atoms with E-state index in [0.717, 1.165) is 12.1 Å². The minimum atomic E-state index is -4.49. The van der Waals surface area contributed by atoms with Crippen molar-refractivity contribution < 1.29 is 22.7 Å². The molecule has 0 saturated heterocycles. The second-order valence-corrected chi connectivity index (χ2v) is 5.21. The fourth-order valence-corrected chi connectivity index (χ4v) is 2.40. The van der Waals surface area contributed by atoms with Crippen LogP contribution < -0.4 is 10.1 Å². The van der Waals surface area contributed by atoms with Crippen molar-refractivity contribution in [1.29, 1.82) is 0 Å². The molecule has 0 aliphatic carbocycles. The van der Waals surface area contributed by atoms with Gasteiger partial charge < -0.3 is 4.74 Å². The molecular weight excluding hydrogens is 337 g/mol. The van der Waals surface area contributed by atoms with Crippen molar-refractivity contribution in [3.8, 4) is 17.0 Å². The van der Waals surface area contributed by atoms with Crippen LogP contribution in [-0.2, 0) is 11.0 Å². The highest BCUT2D eigenvalue weighted by Crippen LogP contribution is 2.37. The van der Waals surface area contributed by atoms with E-state index in [4.69, 9.17) is 4.74 Å². The van der Waals surface area contributed by atoms with Crippen LogP contribution in [0.15, 0.2) is 36.4 Å². The molecule has 9 heteroatoms. The van der Waals surface area contributed by atoms with E-state index < -0.39 is 11.7 Å². The summed E-state index contributed by atoms with van der Waals surface area (Å²) in [6, 6.07) is 8.05. The number of hydrogen-bond acceptors (Lipinski definition) is 4. The van der Waals surface area contributed by atoms with Gasteiger partial charge in [0.15, 0.2) is 5.65 Å². The third-order valence-electron chi connectivity index (χ3n) is 3.45. The number of hydrogen-bond donors (Lipinski definition) is 1. The smallest absolute Gasteiger partial charge is 0.416 e. The molecule has 0 spiro atoms. The molecule has 25 heavy (non-hydrogen) atoms. The number of nitrogens with one attached hydrogen (secondary N) is 1. The van der Waals surface area contributed by atoms with Gasteiger partial charge in [-0.15, -0.1) is 5.10 Å². The van der Waals surface area contributed by atoms with Crippen molar-refractivity contribution in [2.24, 2.45) is 0 Å². The second-order valence-electron chi connectivity index (χ2n) is 5.21. The second kappa shape index (κ2) is 6.08. The molecule has 0 radical (unpaired) electrons. The molecule has 0 fully saturated rings. The molecular formula is C16H13F3N4O2. The number of methoxy groups -OCH3 is 1. The Morgan fingerprint density at radius 1 is 1.24 bits per heavy atom. The van der Waals surface area contributed by atoms with Gasteiger partial charge in [-0.3, -0.25) is 10.1 Å². The summed E-state index contributed by atoms with van der Waals surface area (Å²) >= 11 is 0. The molecule has 0 saturated carbocycles. The lowest BCUT2D eigenvalue weighted by atomic mass is 10.1. The molecule has 1 amide bonds. The molecule has 3 aromatic rings. The Morgan fingerprint density at radius 3 is 2.64 bits per heavy atom. The van der Waals surface area contributed by atoms with Gasteiger partial charge in [-0.2, -0.15) is 18.2 Å². The summed E-state index contributed by atoms with van der Waals surface area (Å²) in [6.45, 7) is 1.31. The molecule has 0 unspecified atom stereocenters. The zero-order chi connectivity index (χ0) is 18.2. The van der Waals surface area contributed by atoms with Gasteiger partial charge in [0.25, 0.3) is 0 Å². The molecule has 3 rings (SSSR count). The Balaban J connectivity index is 2.21. The summed E-state index contributed by atoms with van der Waals surface area (Å²) in [4.78, 5) is 15.3. The molecule has 1 aromatic carbocycles. The fraction of sp³-hybridized carbons (Fsp3) is 0.188. The van der Waals surface area contributed by atoms with E-state index in [2.05, 4.69) is 15.4 Å². The highest BCUT2D eigenvalue weighted by atomic mass is 19.4. The molecule has 130 valence electrons. The van der Waals surface area contributed by atoms with Gasteiger partial charge in [-0.05, 0) is 30.3 Å². The molecule has 2 heterocycles. The van der Waals surface area contributed by atoms with Crippen molar-refractivity contribution in [2.45, 2.75) is 13.1 Å². The molecule has 2 aromatic heterocycles. The van der Waals surface area contributed by atoms with Crippen LogP contribution in [0, 0.1) is 0 Å². The SMILES string of the molecule is COc1ccc(C(F)(F)F)cc1-c1cccc2nc(NC(C)=O)nn12. The van der Waals surface area contributed by atoms with Crippen molar-refractivity contribution >= 4 is 17.5 Å². The fourth-order valence-electron chi connectivity index (χ4n) is 2.40. The number of carbonyl (C=O) groups is 1. The van der Waals surface area contributed by atoms with Crippen LogP contribution in [0.2, 0.25) is 0 Å². The third-order valence-corrected chi connectivity index (χ3v) is 3.45. The first kappa shape index (κ1) is 16.7. The number of pyridine rings is 1. The van der Waals surface area contributed by atoms with Crippen LogP contribution in [0.1, 0.15) is 12.5 Å². The van der Waals surface area contributed by atoms with E-state index >= 15 is 0 Å². The van der Waals surface area contributed by atoms with Gasteiger partial charge in [-0.25, -0.2) is 4.52 Å². The number of benzene rings is 1. The topological polar surface area (TPSA) is 68.5 Å². The quantitative estimate of drug-likeness (QED) is 0.786.